The van der Waals surface area contributed by atoms with Crippen LogP contribution in [0.3, 0.4) is 0 Å². The molecule has 10 heteroatoms. The Morgan fingerprint density at radius 1 is 1.17 bits per heavy atom. The third kappa shape index (κ3) is 11.7. The molecule has 0 aliphatic heterocycles. The summed E-state index contributed by atoms with van der Waals surface area (Å²) >= 11 is 0. The highest BCUT2D eigenvalue weighted by Crippen LogP contribution is 2.13. The Hall–Kier alpha value is -0.783. The van der Waals surface area contributed by atoms with E-state index in [1.165, 1.54) is 0 Å². The second-order valence-electron chi connectivity index (χ2n) is 3.23. The van der Waals surface area contributed by atoms with Crippen LogP contribution in [0.2, 0.25) is 6.04 Å². The van der Waals surface area contributed by atoms with Gasteiger partial charge in [0.25, 0.3) is 0 Å². The molecule has 0 unspecified atom stereocenters. The second kappa shape index (κ2) is 12.7. The Bertz CT molecular complexity index is 194. The summed E-state index contributed by atoms with van der Waals surface area (Å²) < 4.78 is 15.9. The standard InChI is InChI=1S/C8H22N2O3Si.H3N2O2/c1-11-14(12-2,13-3)8-4-6-10-7-5-9;1-2(3)4/h10H,4-9H2,1-3H3;(H3,1,3,4)/q;+1. The Morgan fingerprint density at radius 3 is 1.94 bits per heavy atom. The van der Waals surface area contributed by atoms with Crippen LogP contribution >= 0.6 is 0 Å². The Kier molecular flexibility index (Phi) is 13.8. The Balaban J connectivity index is 0. The fourth-order valence-corrected chi connectivity index (χ4v) is 2.94. The van der Waals surface area contributed by atoms with Crippen LogP contribution in [0.15, 0.2) is 0 Å². The lowest BCUT2D eigenvalue weighted by atomic mass is 10.5. The van der Waals surface area contributed by atoms with Crippen LogP contribution in [0.25, 0.3) is 0 Å². The van der Waals surface area contributed by atoms with Crippen LogP contribution < -0.4 is 11.1 Å². The molecule has 110 valence electrons. The topological polar surface area (TPSA) is 133 Å². The first-order valence-corrected chi connectivity index (χ1v) is 7.36. The van der Waals surface area contributed by atoms with E-state index >= 15 is 0 Å². The lowest BCUT2D eigenvalue weighted by Crippen LogP contribution is -2.43. The molecule has 0 heterocycles. The highest BCUT2D eigenvalue weighted by molar-refractivity contribution is 6.60. The normalized spacial score (nSPS) is 10.7. The van der Waals surface area contributed by atoms with Crippen molar-refractivity contribution in [3.05, 3.63) is 0 Å². The molecule has 0 spiro atoms. The highest BCUT2D eigenvalue weighted by atomic mass is 28.4. The van der Waals surface area contributed by atoms with Crippen molar-refractivity contribution in [2.45, 2.75) is 12.5 Å². The molecule has 0 rings (SSSR count). The maximum absolute atomic E-state index is 7.11. The molecule has 0 aliphatic rings. The number of rotatable bonds is 9. The van der Waals surface area contributed by atoms with Crippen molar-refractivity contribution in [1.82, 2.24) is 5.32 Å². The van der Waals surface area contributed by atoms with Crippen LogP contribution in [0.4, 0.5) is 0 Å². The predicted octanol–water partition coefficient (Wildman–Crippen LogP) is -0.389. The summed E-state index contributed by atoms with van der Waals surface area (Å²) in [4.78, 5) is 0. The molecule has 0 bridgehead atoms. The van der Waals surface area contributed by atoms with E-state index in [1.54, 1.807) is 21.3 Å². The van der Waals surface area contributed by atoms with Crippen molar-refractivity contribution in [3.63, 3.8) is 0 Å². The summed E-state index contributed by atoms with van der Waals surface area (Å²) in [6, 6.07) is 0.827. The van der Waals surface area contributed by atoms with Gasteiger partial charge >= 0.3 is 13.8 Å². The van der Waals surface area contributed by atoms with Gasteiger partial charge in [-0.2, -0.15) is 0 Å². The van der Waals surface area contributed by atoms with Gasteiger partial charge in [-0.15, -0.1) is 0 Å². The van der Waals surface area contributed by atoms with Crippen molar-refractivity contribution in [2.24, 2.45) is 5.73 Å². The van der Waals surface area contributed by atoms with Crippen LogP contribution in [0.5, 0.6) is 0 Å². The molecule has 0 aromatic heterocycles. The van der Waals surface area contributed by atoms with Gasteiger partial charge in [0, 0.05) is 46.0 Å². The number of nitrogens with zero attached hydrogens (tertiary/aromatic N) is 1. The summed E-state index contributed by atoms with van der Waals surface area (Å²) in [5.41, 5.74) is 10.9. The zero-order valence-electron chi connectivity index (χ0n) is 11.2. The minimum Gasteiger partial charge on any atom is -0.377 e. The highest BCUT2D eigenvalue weighted by Gasteiger charge is 2.36. The number of nitrogens with two attached hydrogens (primary N) is 1. The predicted molar refractivity (Wildman–Crippen MR) is 64.7 cm³/mol. The quantitative estimate of drug-likeness (QED) is 0.169. The van der Waals surface area contributed by atoms with Crippen molar-refractivity contribution in [2.75, 3.05) is 41.0 Å². The third-order valence-corrected chi connectivity index (χ3v) is 4.92. The van der Waals surface area contributed by atoms with E-state index in [4.69, 9.17) is 35.0 Å². The fraction of sp³-hybridized carbons (Fsp3) is 1.00. The zero-order chi connectivity index (χ0) is 14.4. The zero-order valence-corrected chi connectivity index (χ0v) is 12.2. The molecule has 0 fully saturated rings. The summed E-state index contributed by atoms with van der Waals surface area (Å²) in [5, 5.41) is 16.7. The molecular formula is C8H25N4O5Si+. The minimum atomic E-state index is -2.35. The van der Waals surface area contributed by atoms with Crippen molar-refractivity contribution in [3.8, 4) is 0 Å². The SMILES string of the molecule is CO[Si](CCCNCCN)(OC)OC.N=[N+](O)O. The summed E-state index contributed by atoms with van der Waals surface area (Å²) in [5.74, 6) is 0. The molecule has 0 radical (unpaired) electrons. The molecule has 0 saturated carbocycles. The summed E-state index contributed by atoms with van der Waals surface area (Å²) in [7, 11) is 2.55. The van der Waals surface area contributed by atoms with Crippen molar-refractivity contribution in [1.29, 1.82) is 5.53 Å². The molecule has 18 heavy (non-hydrogen) atoms. The van der Waals surface area contributed by atoms with Crippen molar-refractivity contribution >= 4 is 8.80 Å². The first-order chi connectivity index (χ1) is 8.47. The van der Waals surface area contributed by atoms with Gasteiger partial charge in [0.15, 0.2) is 0 Å². The molecule has 0 amide bonds. The average Bonchev–Trinajstić information content (AvgIpc) is 2.34. The van der Waals surface area contributed by atoms with Gasteiger partial charge in [0.2, 0.25) is 0 Å². The van der Waals surface area contributed by atoms with Gasteiger partial charge in [0.05, 0.1) is 0 Å². The Labute approximate surface area is 108 Å². The molecule has 0 aliphatic carbocycles. The Morgan fingerprint density at radius 2 is 1.61 bits per heavy atom. The number of nitrogens with one attached hydrogen (secondary N) is 2. The van der Waals surface area contributed by atoms with Crippen LogP contribution in [0.1, 0.15) is 6.42 Å². The second-order valence-corrected chi connectivity index (χ2v) is 6.32. The van der Waals surface area contributed by atoms with Gasteiger partial charge < -0.3 is 24.3 Å². The van der Waals surface area contributed by atoms with Gasteiger partial charge in [0.1, 0.15) is 0 Å². The van der Waals surface area contributed by atoms with Crippen LogP contribution in [0, 0.1) is 5.53 Å². The molecule has 0 aromatic carbocycles. The van der Waals surface area contributed by atoms with Crippen LogP contribution in [-0.2, 0) is 13.3 Å². The lowest BCUT2D eigenvalue weighted by Gasteiger charge is -2.24. The van der Waals surface area contributed by atoms with E-state index in [1.807, 2.05) is 0 Å². The van der Waals surface area contributed by atoms with E-state index in [-0.39, 0.29) is 0 Å². The van der Waals surface area contributed by atoms with E-state index in [0.29, 0.717) is 6.54 Å². The molecular weight excluding hydrogens is 260 g/mol. The smallest absolute Gasteiger partial charge is 0.377 e. The summed E-state index contributed by atoms with van der Waals surface area (Å²) in [6.45, 7) is 2.44. The molecule has 0 aromatic rings. The average molecular weight is 285 g/mol. The maximum Gasteiger partial charge on any atom is 0.500 e. The first-order valence-electron chi connectivity index (χ1n) is 5.43. The molecule has 0 atom stereocenters. The van der Waals surface area contributed by atoms with Gasteiger partial charge in [-0.05, 0) is 13.0 Å². The molecule has 6 N–H and O–H groups in total. The third-order valence-electron chi connectivity index (χ3n) is 2.09. The number of hydrogen-bond donors (Lipinski definition) is 5. The first kappa shape index (κ1) is 19.6. The maximum atomic E-state index is 7.11. The van der Waals surface area contributed by atoms with E-state index in [9.17, 15) is 0 Å². The monoisotopic (exact) mass is 285 g/mol. The largest absolute Gasteiger partial charge is 0.500 e. The fourth-order valence-electron chi connectivity index (χ4n) is 1.21. The lowest BCUT2D eigenvalue weighted by molar-refractivity contribution is -1.01. The van der Waals surface area contributed by atoms with Gasteiger partial charge in [-0.25, -0.2) is 10.4 Å². The van der Waals surface area contributed by atoms with Crippen molar-refractivity contribution < 1.29 is 28.7 Å². The van der Waals surface area contributed by atoms with E-state index in [0.717, 1.165) is 25.6 Å². The number of hydrogen-bond acceptors (Lipinski definition) is 6. The van der Waals surface area contributed by atoms with Gasteiger partial charge in [-0.3, -0.25) is 0 Å². The molecule has 0 saturated heterocycles. The van der Waals surface area contributed by atoms with E-state index < -0.39 is 13.8 Å². The van der Waals surface area contributed by atoms with Crippen LogP contribution in [-0.4, -0.2) is 65.2 Å². The van der Waals surface area contributed by atoms with Gasteiger partial charge in [-0.1, -0.05) is 0 Å². The molecule has 9 nitrogen and oxygen atoms in total. The minimum absolute atomic E-state index is 0.668. The van der Waals surface area contributed by atoms with E-state index in [2.05, 4.69) is 5.32 Å². The summed E-state index contributed by atoms with van der Waals surface area (Å²) in [6.07, 6.45) is 0.974.